The first-order valence-corrected chi connectivity index (χ1v) is 21.9. The third-order valence-electron chi connectivity index (χ3n) is 13.4. The summed E-state index contributed by atoms with van der Waals surface area (Å²) in [5, 5.41) is 4.26. The molecule has 12 aromatic rings. The Balaban J connectivity index is 1.06. The fourth-order valence-corrected chi connectivity index (χ4v) is 10.5. The van der Waals surface area contributed by atoms with Crippen LogP contribution in [0.15, 0.2) is 245 Å². The molecular formula is C61H39NO2. The SMILES string of the molecule is c1ccc(-c2ccc3c(c2)C(c2ccccc2)(c2ccc(N(c4cccc5c4oc4ccccc45)c4cccc5oc6ccc(-c7ccccc7)cc6c45)cc2)c2ccccc2-3)cc1. The molecule has 0 bridgehead atoms. The molecule has 3 heteroatoms. The second-order valence-corrected chi connectivity index (χ2v) is 16.8. The number of hydrogen-bond donors (Lipinski definition) is 0. The average Bonchev–Trinajstić information content (AvgIpc) is 4.04. The van der Waals surface area contributed by atoms with Gasteiger partial charge in [-0.25, -0.2) is 0 Å². The number of hydrogen-bond acceptors (Lipinski definition) is 3. The van der Waals surface area contributed by atoms with Gasteiger partial charge in [-0.1, -0.05) is 182 Å². The smallest absolute Gasteiger partial charge is 0.159 e. The number of benzene rings is 10. The predicted molar refractivity (Wildman–Crippen MR) is 264 cm³/mol. The maximum atomic E-state index is 6.81. The molecule has 3 nitrogen and oxygen atoms in total. The van der Waals surface area contributed by atoms with E-state index in [0.717, 1.165) is 72.1 Å². The van der Waals surface area contributed by atoms with Gasteiger partial charge < -0.3 is 13.7 Å². The van der Waals surface area contributed by atoms with E-state index < -0.39 is 5.41 Å². The van der Waals surface area contributed by atoms with Crippen LogP contribution in [0.25, 0.3) is 77.3 Å². The van der Waals surface area contributed by atoms with Crippen LogP contribution >= 0.6 is 0 Å². The summed E-state index contributed by atoms with van der Waals surface area (Å²) in [6.07, 6.45) is 0. The minimum Gasteiger partial charge on any atom is -0.456 e. The van der Waals surface area contributed by atoms with E-state index in [2.05, 4.69) is 235 Å². The predicted octanol–water partition coefficient (Wildman–Crippen LogP) is 16.7. The van der Waals surface area contributed by atoms with Crippen molar-refractivity contribution in [3.8, 4) is 33.4 Å². The summed E-state index contributed by atoms with van der Waals surface area (Å²) in [5.74, 6) is 0. The van der Waals surface area contributed by atoms with Crippen LogP contribution in [0.4, 0.5) is 17.1 Å². The molecular weight excluding hydrogens is 779 g/mol. The lowest BCUT2D eigenvalue weighted by atomic mass is 9.67. The van der Waals surface area contributed by atoms with E-state index >= 15 is 0 Å². The summed E-state index contributed by atoms with van der Waals surface area (Å²) >= 11 is 0. The Bertz CT molecular complexity index is 3720. The lowest BCUT2D eigenvalue weighted by Gasteiger charge is -2.34. The molecule has 1 aliphatic rings. The van der Waals surface area contributed by atoms with E-state index in [0.29, 0.717) is 0 Å². The minimum absolute atomic E-state index is 0.575. The number of nitrogens with zero attached hydrogens (tertiary/aromatic N) is 1. The summed E-state index contributed by atoms with van der Waals surface area (Å²) < 4.78 is 13.5. The summed E-state index contributed by atoms with van der Waals surface area (Å²) in [6, 6.07) is 85.2. The Kier molecular flexibility index (Phi) is 8.13. The van der Waals surface area contributed by atoms with E-state index in [-0.39, 0.29) is 0 Å². The quantitative estimate of drug-likeness (QED) is 0.160. The van der Waals surface area contributed by atoms with Crippen LogP contribution in [0.1, 0.15) is 22.3 Å². The average molecular weight is 818 g/mol. The molecule has 1 unspecified atom stereocenters. The second kappa shape index (κ2) is 14.3. The van der Waals surface area contributed by atoms with Gasteiger partial charge in [-0.15, -0.1) is 0 Å². The zero-order valence-corrected chi connectivity index (χ0v) is 34.8. The third kappa shape index (κ3) is 5.41. The van der Waals surface area contributed by atoms with Crippen LogP contribution in [0.5, 0.6) is 0 Å². The monoisotopic (exact) mass is 817 g/mol. The summed E-state index contributed by atoms with van der Waals surface area (Å²) in [6.45, 7) is 0. The van der Waals surface area contributed by atoms with Crippen molar-refractivity contribution in [3.63, 3.8) is 0 Å². The van der Waals surface area contributed by atoms with Crippen molar-refractivity contribution < 1.29 is 8.83 Å². The molecule has 0 saturated heterocycles. The molecule has 13 rings (SSSR count). The highest BCUT2D eigenvalue weighted by Gasteiger charge is 2.46. The Morgan fingerprint density at radius 1 is 0.328 bits per heavy atom. The minimum atomic E-state index is -0.575. The molecule has 0 spiro atoms. The number of para-hydroxylation sites is 2. The van der Waals surface area contributed by atoms with Crippen molar-refractivity contribution in [1.29, 1.82) is 0 Å². The van der Waals surface area contributed by atoms with Gasteiger partial charge in [-0.2, -0.15) is 0 Å². The summed E-state index contributed by atoms with van der Waals surface area (Å²) in [7, 11) is 0. The van der Waals surface area contributed by atoms with E-state index in [1.165, 1.54) is 44.5 Å². The van der Waals surface area contributed by atoms with Crippen molar-refractivity contribution in [2.75, 3.05) is 4.90 Å². The van der Waals surface area contributed by atoms with E-state index in [9.17, 15) is 0 Å². The van der Waals surface area contributed by atoms with Gasteiger partial charge >= 0.3 is 0 Å². The van der Waals surface area contributed by atoms with Crippen molar-refractivity contribution >= 4 is 60.9 Å². The summed E-state index contributed by atoms with van der Waals surface area (Å²) in [5.41, 5.74) is 17.9. The molecule has 0 N–H and O–H groups in total. The van der Waals surface area contributed by atoms with Gasteiger partial charge in [0.05, 0.1) is 22.2 Å². The molecule has 2 heterocycles. The van der Waals surface area contributed by atoms with Gasteiger partial charge in [0, 0.05) is 21.8 Å². The maximum Gasteiger partial charge on any atom is 0.159 e. The highest BCUT2D eigenvalue weighted by atomic mass is 16.3. The Morgan fingerprint density at radius 3 is 1.70 bits per heavy atom. The molecule has 0 radical (unpaired) electrons. The van der Waals surface area contributed by atoms with Crippen molar-refractivity contribution in [2.24, 2.45) is 0 Å². The second-order valence-electron chi connectivity index (χ2n) is 16.8. The molecule has 2 aromatic heterocycles. The molecule has 0 saturated carbocycles. The lowest BCUT2D eigenvalue weighted by Crippen LogP contribution is -2.28. The van der Waals surface area contributed by atoms with Crippen molar-refractivity contribution in [3.05, 3.63) is 259 Å². The number of anilines is 3. The van der Waals surface area contributed by atoms with E-state index in [1.54, 1.807) is 0 Å². The van der Waals surface area contributed by atoms with Gasteiger partial charge in [-0.05, 0) is 110 Å². The topological polar surface area (TPSA) is 29.5 Å². The van der Waals surface area contributed by atoms with Crippen molar-refractivity contribution in [1.82, 2.24) is 0 Å². The van der Waals surface area contributed by atoms with Crippen molar-refractivity contribution in [2.45, 2.75) is 5.41 Å². The van der Waals surface area contributed by atoms with Gasteiger partial charge in [0.1, 0.15) is 16.7 Å². The van der Waals surface area contributed by atoms with Crippen LogP contribution in [0.3, 0.4) is 0 Å². The normalized spacial score (nSPS) is 14.3. The first-order valence-electron chi connectivity index (χ1n) is 21.9. The highest BCUT2D eigenvalue weighted by molar-refractivity contribution is 6.16. The Hall–Kier alpha value is -8.40. The van der Waals surface area contributed by atoms with Gasteiger partial charge in [0.15, 0.2) is 5.58 Å². The fourth-order valence-electron chi connectivity index (χ4n) is 10.5. The zero-order chi connectivity index (χ0) is 42.2. The van der Waals surface area contributed by atoms with E-state index in [4.69, 9.17) is 8.83 Å². The molecule has 64 heavy (non-hydrogen) atoms. The number of fused-ring (bicyclic) bond motifs is 9. The molecule has 1 aliphatic carbocycles. The van der Waals surface area contributed by atoms with Crippen LogP contribution < -0.4 is 4.90 Å². The number of furan rings is 2. The van der Waals surface area contributed by atoms with Gasteiger partial charge in [-0.3, -0.25) is 0 Å². The van der Waals surface area contributed by atoms with Crippen LogP contribution in [0.2, 0.25) is 0 Å². The van der Waals surface area contributed by atoms with Crippen LogP contribution in [0, 0.1) is 0 Å². The maximum absolute atomic E-state index is 6.81. The highest BCUT2D eigenvalue weighted by Crippen LogP contribution is 2.57. The van der Waals surface area contributed by atoms with Gasteiger partial charge in [0.2, 0.25) is 0 Å². The molecule has 300 valence electrons. The first-order chi connectivity index (χ1) is 31.7. The standard InChI is InChI=1S/C61H39NO2/c1-4-16-40(17-5-1)42-31-37-57-51(38-42)59-54(26-15-29-58(59)63-57)62(55-27-14-24-50-49-23-11-13-28-56(49)64-60(50)55)46-34-32-45(33-35-46)61(44-20-8-3-9-21-44)52-25-12-10-22-47(52)48-36-30-43(39-53(48)61)41-18-6-2-7-19-41/h1-39H. The Morgan fingerprint density at radius 2 is 0.906 bits per heavy atom. The molecule has 10 aromatic carbocycles. The summed E-state index contributed by atoms with van der Waals surface area (Å²) in [4.78, 5) is 2.36. The van der Waals surface area contributed by atoms with E-state index in [1.807, 2.05) is 6.07 Å². The molecule has 1 atom stereocenters. The number of rotatable bonds is 7. The van der Waals surface area contributed by atoms with Crippen LogP contribution in [-0.2, 0) is 5.41 Å². The Labute approximate surface area is 370 Å². The third-order valence-corrected chi connectivity index (χ3v) is 13.4. The molecule has 0 amide bonds. The van der Waals surface area contributed by atoms with Crippen LogP contribution in [-0.4, -0.2) is 0 Å². The fraction of sp³-hybridized carbons (Fsp3) is 0.0164. The molecule has 0 aliphatic heterocycles. The largest absolute Gasteiger partial charge is 0.456 e. The van der Waals surface area contributed by atoms with Gasteiger partial charge in [0.25, 0.3) is 0 Å². The first kappa shape index (κ1) is 36.3. The zero-order valence-electron chi connectivity index (χ0n) is 34.8. The lowest BCUT2D eigenvalue weighted by molar-refractivity contribution is 0.668. The molecule has 0 fully saturated rings.